The first-order chi connectivity index (χ1) is 8.99. The maximum absolute atomic E-state index is 12.3. The van der Waals surface area contributed by atoms with Gasteiger partial charge in [-0.3, -0.25) is 9.59 Å². The summed E-state index contributed by atoms with van der Waals surface area (Å²) in [7, 11) is 0. The molecule has 1 aliphatic rings. The monoisotopic (exact) mass is 282 g/mol. The minimum Gasteiger partial charge on any atom is -0.481 e. The highest BCUT2D eigenvalue weighted by Gasteiger charge is 2.28. The fourth-order valence-corrected chi connectivity index (χ4v) is 2.34. The number of carboxylic acids is 1. The first-order valence-corrected chi connectivity index (χ1v) is 6.44. The molecule has 1 aromatic rings. The number of anilines is 1. The number of hydrogen-bond acceptors (Lipinski definition) is 3. The second-order valence-corrected chi connectivity index (χ2v) is 5.07. The molecule has 102 valence electrons. The molecule has 6 heteroatoms. The van der Waals surface area contributed by atoms with Crippen molar-refractivity contribution in [2.45, 2.75) is 12.8 Å². The Bertz CT molecular complexity index is 519. The molecule has 19 heavy (non-hydrogen) atoms. The second kappa shape index (κ2) is 5.48. The van der Waals surface area contributed by atoms with Gasteiger partial charge in [0.2, 0.25) is 0 Å². The van der Waals surface area contributed by atoms with Crippen LogP contribution < -0.4 is 5.73 Å². The molecule has 1 fully saturated rings. The van der Waals surface area contributed by atoms with Crippen LogP contribution in [0.3, 0.4) is 0 Å². The molecule has 0 saturated carbocycles. The van der Waals surface area contributed by atoms with E-state index in [1.165, 1.54) is 6.07 Å². The summed E-state index contributed by atoms with van der Waals surface area (Å²) in [5.41, 5.74) is 6.45. The molecule has 1 saturated heterocycles. The van der Waals surface area contributed by atoms with Gasteiger partial charge in [0, 0.05) is 18.7 Å². The highest BCUT2D eigenvalue weighted by molar-refractivity contribution is 6.33. The fraction of sp³-hybridized carbons (Fsp3) is 0.385. The van der Waals surface area contributed by atoms with E-state index in [1.807, 2.05) is 0 Å². The molecule has 1 unspecified atom stereocenters. The lowest BCUT2D eigenvalue weighted by molar-refractivity contribution is -0.143. The van der Waals surface area contributed by atoms with E-state index in [-0.39, 0.29) is 12.5 Å². The van der Waals surface area contributed by atoms with E-state index in [0.29, 0.717) is 35.7 Å². The number of nitrogen functional groups attached to an aromatic ring is 1. The number of rotatable bonds is 2. The quantitative estimate of drug-likeness (QED) is 0.811. The van der Waals surface area contributed by atoms with Crippen LogP contribution in [0.1, 0.15) is 23.2 Å². The molecule has 1 heterocycles. The van der Waals surface area contributed by atoms with Crippen molar-refractivity contribution in [2.24, 2.45) is 5.92 Å². The number of likely N-dealkylation sites (tertiary alicyclic amines) is 1. The number of amides is 1. The SMILES string of the molecule is Nc1cc(C(=O)N2CCCC(C(=O)O)C2)ccc1Cl. The average molecular weight is 283 g/mol. The van der Waals surface area contributed by atoms with Crippen molar-refractivity contribution in [2.75, 3.05) is 18.8 Å². The average Bonchev–Trinajstić information content (AvgIpc) is 2.41. The molecule has 1 aliphatic heterocycles. The number of aliphatic carboxylic acids is 1. The van der Waals surface area contributed by atoms with Gasteiger partial charge >= 0.3 is 5.97 Å². The first-order valence-electron chi connectivity index (χ1n) is 6.06. The van der Waals surface area contributed by atoms with Crippen molar-refractivity contribution in [1.82, 2.24) is 4.90 Å². The molecule has 0 radical (unpaired) electrons. The van der Waals surface area contributed by atoms with Gasteiger partial charge in [-0.2, -0.15) is 0 Å². The van der Waals surface area contributed by atoms with E-state index >= 15 is 0 Å². The topological polar surface area (TPSA) is 83.6 Å². The third-order valence-corrected chi connectivity index (χ3v) is 3.64. The Hall–Kier alpha value is -1.75. The predicted molar refractivity (Wildman–Crippen MR) is 72.1 cm³/mol. The van der Waals surface area contributed by atoms with Crippen molar-refractivity contribution in [3.8, 4) is 0 Å². The van der Waals surface area contributed by atoms with Crippen molar-refractivity contribution in [3.05, 3.63) is 28.8 Å². The summed E-state index contributed by atoms with van der Waals surface area (Å²) in [5.74, 6) is -1.54. The lowest BCUT2D eigenvalue weighted by Crippen LogP contribution is -2.42. The Balaban J connectivity index is 2.14. The van der Waals surface area contributed by atoms with Gasteiger partial charge in [-0.25, -0.2) is 0 Å². The van der Waals surface area contributed by atoms with Gasteiger partial charge < -0.3 is 15.7 Å². The van der Waals surface area contributed by atoms with Crippen molar-refractivity contribution >= 4 is 29.2 Å². The highest BCUT2D eigenvalue weighted by Crippen LogP contribution is 2.23. The van der Waals surface area contributed by atoms with E-state index in [9.17, 15) is 9.59 Å². The third-order valence-electron chi connectivity index (χ3n) is 3.30. The number of halogens is 1. The van der Waals surface area contributed by atoms with Gasteiger partial charge in [0.15, 0.2) is 0 Å². The van der Waals surface area contributed by atoms with E-state index in [1.54, 1.807) is 17.0 Å². The van der Waals surface area contributed by atoms with Crippen LogP contribution in [0, 0.1) is 5.92 Å². The zero-order valence-electron chi connectivity index (χ0n) is 10.3. The van der Waals surface area contributed by atoms with Crippen LogP contribution in [0.2, 0.25) is 5.02 Å². The highest BCUT2D eigenvalue weighted by atomic mass is 35.5. The van der Waals surface area contributed by atoms with Gasteiger partial charge in [0.05, 0.1) is 16.6 Å². The molecule has 0 aliphatic carbocycles. The third kappa shape index (κ3) is 2.98. The Kier molecular flexibility index (Phi) is 3.95. The van der Waals surface area contributed by atoms with Crippen LogP contribution in [-0.4, -0.2) is 35.0 Å². The zero-order chi connectivity index (χ0) is 14.0. The molecule has 2 rings (SSSR count). The van der Waals surface area contributed by atoms with E-state index in [4.69, 9.17) is 22.4 Å². The Labute approximate surface area is 116 Å². The van der Waals surface area contributed by atoms with Gasteiger partial charge in [-0.05, 0) is 31.0 Å². The van der Waals surface area contributed by atoms with Gasteiger partial charge in [-0.1, -0.05) is 11.6 Å². The molecule has 0 bridgehead atoms. The molecule has 1 aromatic carbocycles. The summed E-state index contributed by atoms with van der Waals surface area (Å²) >= 11 is 5.81. The fourth-order valence-electron chi connectivity index (χ4n) is 2.22. The maximum atomic E-state index is 12.3. The Morgan fingerprint density at radius 1 is 1.42 bits per heavy atom. The number of carbonyl (C=O) groups is 2. The number of carboxylic acid groups (broad SMARTS) is 1. The number of benzene rings is 1. The molecule has 0 spiro atoms. The van der Waals surface area contributed by atoms with Gasteiger partial charge in [-0.15, -0.1) is 0 Å². The zero-order valence-corrected chi connectivity index (χ0v) is 11.1. The standard InChI is InChI=1S/C13H15ClN2O3/c14-10-4-3-8(6-11(10)15)12(17)16-5-1-2-9(7-16)13(18)19/h3-4,6,9H,1-2,5,7,15H2,(H,18,19). The second-order valence-electron chi connectivity index (χ2n) is 4.66. The largest absolute Gasteiger partial charge is 0.481 e. The molecule has 1 atom stereocenters. The van der Waals surface area contributed by atoms with Crippen LogP contribution in [0.4, 0.5) is 5.69 Å². The first kappa shape index (κ1) is 13.7. The number of nitrogens with two attached hydrogens (primary N) is 1. The number of hydrogen-bond donors (Lipinski definition) is 2. The molecule has 5 nitrogen and oxygen atoms in total. The number of piperidine rings is 1. The summed E-state index contributed by atoms with van der Waals surface area (Å²) in [5, 5.41) is 9.41. The van der Waals surface area contributed by atoms with E-state index in [0.717, 1.165) is 0 Å². The smallest absolute Gasteiger partial charge is 0.308 e. The number of carbonyl (C=O) groups excluding carboxylic acids is 1. The van der Waals surface area contributed by atoms with E-state index < -0.39 is 11.9 Å². The lowest BCUT2D eigenvalue weighted by Gasteiger charge is -2.30. The molecule has 1 amide bonds. The van der Waals surface area contributed by atoms with Gasteiger partial charge in [0.25, 0.3) is 5.91 Å². The van der Waals surface area contributed by atoms with Crippen LogP contribution in [0.15, 0.2) is 18.2 Å². The van der Waals surface area contributed by atoms with Crippen molar-refractivity contribution in [1.29, 1.82) is 0 Å². The summed E-state index contributed by atoms with van der Waals surface area (Å²) in [6.45, 7) is 0.821. The summed E-state index contributed by atoms with van der Waals surface area (Å²) in [6, 6.07) is 4.70. The lowest BCUT2D eigenvalue weighted by atomic mass is 9.97. The molecular formula is C13H15ClN2O3. The normalized spacial score (nSPS) is 19.2. The molecular weight excluding hydrogens is 268 g/mol. The van der Waals surface area contributed by atoms with Gasteiger partial charge in [0.1, 0.15) is 0 Å². The van der Waals surface area contributed by atoms with Crippen LogP contribution in [0.25, 0.3) is 0 Å². The minimum atomic E-state index is -0.854. The van der Waals surface area contributed by atoms with E-state index in [2.05, 4.69) is 0 Å². The van der Waals surface area contributed by atoms with Crippen LogP contribution in [0.5, 0.6) is 0 Å². The Morgan fingerprint density at radius 3 is 2.79 bits per heavy atom. The maximum Gasteiger partial charge on any atom is 0.308 e. The summed E-state index contributed by atoms with van der Waals surface area (Å²) in [4.78, 5) is 24.8. The van der Waals surface area contributed by atoms with Crippen molar-refractivity contribution < 1.29 is 14.7 Å². The van der Waals surface area contributed by atoms with Crippen molar-refractivity contribution in [3.63, 3.8) is 0 Å². The molecule has 3 N–H and O–H groups in total. The molecule has 0 aromatic heterocycles. The Morgan fingerprint density at radius 2 is 2.16 bits per heavy atom. The summed E-state index contributed by atoms with van der Waals surface area (Å²) < 4.78 is 0. The minimum absolute atomic E-state index is 0.200. The summed E-state index contributed by atoms with van der Waals surface area (Å²) in [6.07, 6.45) is 1.31. The number of nitrogens with zero attached hydrogens (tertiary/aromatic N) is 1. The van der Waals surface area contributed by atoms with Crippen LogP contribution in [-0.2, 0) is 4.79 Å². The van der Waals surface area contributed by atoms with Crippen LogP contribution >= 0.6 is 11.6 Å². The predicted octanol–water partition coefficient (Wildman–Crippen LogP) is 1.86.